The van der Waals surface area contributed by atoms with Gasteiger partial charge < -0.3 is 20.0 Å². The molecule has 2 aliphatic rings. The summed E-state index contributed by atoms with van der Waals surface area (Å²) in [6.45, 7) is 8.33. The number of rotatable bonds is 14. The molecule has 2 aliphatic carbocycles. The standard InChI is InChI=1S/C28H42N2O2S/c1-5-7-17-29(3)19-21-11-9-13-23(21)27(31)25-15-16-26(33-25)28(32)24-14-10-12-22(24)20-30(4)18-8-6-2/h9-16,23-24,27-28,31-32H,5-8,17-20H2,1-4H3. The molecule has 0 aromatic carbocycles. The molecular weight excluding hydrogens is 428 g/mol. The Morgan fingerprint density at radius 2 is 1.21 bits per heavy atom. The number of aliphatic hydroxyl groups is 2. The third kappa shape index (κ3) is 7.00. The molecule has 4 atom stereocenters. The number of thiophene rings is 1. The molecule has 5 heteroatoms. The van der Waals surface area contributed by atoms with Crippen molar-refractivity contribution < 1.29 is 10.2 Å². The molecule has 1 heterocycles. The number of nitrogens with zero attached hydrogens (tertiary/aromatic N) is 2. The molecule has 0 saturated carbocycles. The van der Waals surface area contributed by atoms with Crippen molar-refractivity contribution in [2.45, 2.75) is 51.7 Å². The van der Waals surface area contributed by atoms with Crippen LogP contribution in [0.25, 0.3) is 0 Å². The van der Waals surface area contributed by atoms with Crippen molar-refractivity contribution in [1.82, 2.24) is 9.80 Å². The van der Waals surface area contributed by atoms with E-state index in [0.29, 0.717) is 0 Å². The van der Waals surface area contributed by atoms with Gasteiger partial charge in [0, 0.05) is 34.7 Å². The van der Waals surface area contributed by atoms with E-state index in [1.807, 2.05) is 12.1 Å². The zero-order valence-electron chi connectivity index (χ0n) is 20.8. The van der Waals surface area contributed by atoms with E-state index in [9.17, 15) is 10.2 Å². The number of aliphatic hydroxyl groups excluding tert-OH is 2. The van der Waals surface area contributed by atoms with Crippen LogP contribution in [0.3, 0.4) is 0 Å². The van der Waals surface area contributed by atoms with Crippen LogP contribution in [-0.4, -0.2) is 60.3 Å². The molecule has 0 fully saturated rings. The molecular formula is C28H42N2O2S. The smallest absolute Gasteiger partial charge is 0.0982 e. The van der Waals surface area contributed by atoms with Gasteiger partial charge in [0.15, 0.2) is 0 Å². The highest BCUT2D eigenvalue weighted by molar-refractivity contribution is 7.12. The summed E-state index contributed by atoms with van der Waals surface area (Å²) in [6, 6.07) is 3.99. The number of allylic oxidation sites excluding steroid dienone is 4. The highest BCUT2D eigenvalue weighted by Gasteiger charge is 2.30. The number of unbranched alkanes of at least 4 members (excludes halogenated alkanes) is 2. The van der Waals surface area contributed by atoms with E-state index in [1.165, 1.54) is 36.8 Å². The van der Waals surface area contributed by atoms with E-state index in [4.69, 9.17) is 0 Å². The summed E-state index contributed by atoms with van der Waals surface area (Å²) in [5, 5.41) is 22.4. The Balaban J connectivity index is 1.61. The Bertz CT molecular complexity index is 801. The normalized spacial score (nSPS) is 21.8. The Morgan fingerprint density at radius 1 is 0.788 bits per heavy atom. The predicted octanol–water partition coefficient (Wildman–Crippen LogP) is 5.50. The first kappa shape index (κ1) is 26.1. The van der Waals surface area contributed by atoms with E-state index in [1.54, 1.807) is 11.3 Å². The second-order valence-corrected chi connectivity index (χ2v) is 10.8. The lowest BCUT2D eigenvalue weighted by atomic mass is 9.94. The number of hydrogen-bond donors (Lipinski definition) is 2. The van der Waals surface area contributed by atoms with Crippen molar-refractivity contribution in [2.75, 3.05) is 40.3 Å². The van der Waals surface area contributed by atoms with Gasteiger partial charge in [-0.05, 0) is 63.3 Å². The summed E-state index contributed by atoms with van der Waals surface area (Å²) in [6.07, 6.45) is 16.3. The maximum Gasteiger partial charge on any atom is 0.0982 e. The fraction of sp³-hybridized carbons (Fsp3) is 0.571. The first-order valence-electron chi connectivity index (χ1n) is 12.5. The lowest BCUT2D eigenvalue weighted by Gasteiger charge is -2.25. The topological polar surface area (TPSA) is 46.9 Å². The maximum absolute atomic E-state index is 11.2. The van der Waals surface area contributed by atoms with Crippen LogP contribution in [0, 0.1) is 11.8 Å². The van der Waals surface area contributed by atoms with Gasteiger partial charge in [-0.25, -0.2) is 0 Å². The monoisotopic (exact) mass is 470 g/mol. The third-order valence-corrected chi connectivity index (χ3v) is 7.94. The minimum atomic E-state index is -0.574. The molecule has 0 bridgehead atoms. The van der Waals surface area contributed by atoms with Crippen LogP contribution in [0.15, 0.2) is 59.7 Å². The quantitative estimate of drug-likeness (QED) is 0.377. The molecule has 0 spiro atoms. The number of hydrogen-bond acceptors (Lipinski definition) is 5. The molecule has 0 amide bonds. The zero-order valence-corrected chi connectivity index (χ0v) is 21.6. The lowest BCUT2D eigenvalue weighted by Crippen LogP contribution is -2.25. The summed E-state index contributed by atoms with van der Waals surface area (Å²) >= 11 is 1.54. The van der Waals surface area contributed by atoms with Gasteiger partial charge in [0.2, 0.25) is 0 Å². The SMILES string of the molecule is CCCCN(C)CC1=CC=CC1C(O)c1ccc(C(O)C2C=CC=C2CN(C)CCCC)s1. The van der Waals surface area contributed by atoms with Crippen LogP contribution < -0.4 is 0 Å². The van der Waals surface area contributed by atoms with Gasteiger partial charge in [-0.2, -0.15) is 0 Å². The molecule has 4 unspecified atom stereocenters. The molecule has 33 heavy (non-hydrogen) atoms. The first-order chi connectivity index (χ1) is 15.9. The summed E-state index contributed by atoms with van der Waals surface area (Å²) in [5.74, 6) is 0.0125. The van der Waals surface area contributed by atoms with E-state index in [-0.39, 0.29) is 11.8 Å². The van der Waals surface area contributed by atoms with E-state index < -0.39 is 12.2 Å². The molecule has 0 radical (unpaired) electrons. The van der Waals surface area contributed by atoms with Crippen molar-refractivity contribution in [3.05, 3.63) is 69.5 Å². The maximum atomic E-state index is 11.2. The Hall–Kier alpha value is -1.50. The van der Waals surface area contributed by atoms with Crippen molar-refractivity contribution in [3.8, 4) is 0 Å². The van der Waals surface area contributed by atoms with E-state index >= 15 is 0 Å². The van der Waals surface area contributed by atoms with Gasteiger partial charge in [0.05, 0.1) is 12.2 Å². The zero-order chi connectivity index (χ0) is 23.8. The van der Waals surface area contributed by atoms with Crippen LogP contribution in [0.5, 0.6) is 0 Å². The molecule has 0 aliphatic heterocycles. The summed E-state index contributed by atoms with van der Waals surface area (Å²) in [7, 11) is 4.30. The van der Waals surface area contributed by atoms with E-state index in [0.717, 1.165) is 35.9 Å². The summed E-state index contributed by atoms with van der Waals surface area (Å²) in [4.78, 5) is 6.53. The van der Waals surface area contributed by atoms with Crippen molar-refractivity contribution in [3.63, 3.8) is 0 Å². The van der Waals surface area contributed by atoms with Crippen molar-refractivity contribution in [2.24, 2.45) is 11.8 Å². The van der Waals surface area contributed by atoms with Gasteiger partial charge in [-0.15, -0.1) is 11.3 Å². The molecule has 182 valence electrons. The minimum Gasteiger partial charge on any atom is -0.387 e. The van der Waals surface area contributed by atoms with Crippen molar-refractivity contribution in [1.29, 1.82) is 0 Å². The van der Waals surface area contributed by atoms with Crippen LogP contribution in [0.2, 0.25) is 0 Å². The van der Waals surface area contributed by atoms with Crippen LogP contribution in [0.1, 0.15) is 61.5 Å². The fourth-order valence-corrected chi connectivity index (χ4v) is 5.76. The first-order valence-corrected chi connectivity index (χ1v) is 13.3. The molecule has 4 nitrogen and oxygen atoms in total. The highest BCUT2D eigenvalue weighted by Crippen LogP contribution is 2.40. The Labute approximate surface area is 204 Å². The van der Waals surface area contributed by atoms with Gasteiger partial charge in [0.25, 0.3) is 0 Å². The Morgan fingerprint density at radius 3 is 1.61 bits per heavy atom. The average molecular weight is 471 g/mol. The number of likely N-dealkylation sites (N-methyl/N-ethyl adjacent to an activating group) is 2. The van der Waals surface area contributed by atoms with Crippen LogP contribution in [0.4, 0.5) is 0 Å². The second-order valence-electron chi connectivity index (χ2n) is 9.62. The van der Waals surface area contributed by atoms with Crippen LogP contribution >= 0.6 is 11.3 Å². The van der Waals surface area contributed by atoms with Gasteiger partial charge >= 0.3 is 0 Å². The highest BCUT2D eigenvalue weighted by atomic mass is 32.1. The largest absolute Gasteiger partial charge is 0.387 e. The molecule has 0 saturated heterocycles. The van der Waals surface area contributed by atoms with Crippen LogP contribution in [-0.2, 0) is 0 Å². The molecule has 1 aromatic heterocycles. The van der Waals surface area contributed by atoms with Gasteiger partial charge in [0.1, 0.15) is 0 Å². The van der Waals surface area contributed by atoms with Crippen molar-refractivity contribution >= 4 is 11.3 Å². The third-order valence-electron chi connectivity index (χ3n) is 6.72. The minimum absolute atomic E-state index is 0.00627. The average Bonchev–Trinajstić information content (AvgIpc) is 3.56. The molecule has 3 rings (SSSR count). The summed E-state index contributed by atoms with van der Waals surface area (Å²) in [5.41, 5.74) is 2.52. The molecule has 1 aromatic rings. The second kappa shape index (κ2) is 12.8. The van der Waals surface area contributed by atoms with E-state index in [2.05, 4.69) is 74.2 Å². The van der Waals surface area contributed by atoms with Gasteiger partial charge in [-0.3, -0.25) is 0 Å². The van der Waals surface area contributed by atoms with Gasteiger partial charge in [-0.1, -0.05) is 63.1 Å². The molecule has 2 N–H and O–H groups in total. The fourth-order valence-electron chi connectivity index (χ4n) is 4.68. The lowest BCUT2D eigenvalue weighted by molar-refractivity contribution is 0.146. The summed E-state index contributed by atoms with van der Waals surface area (Å²) < 4.78 is 0. The predicted molar refractivity (Wildman–Crippen MR) is 140 cm³/mol. The Kier molecular flexibility index (Phi) is 10.1.